The van der Waals surface area contributed by atoms with Crippen molar-refractivity contribution in [1.29, 1.82) is 0 Å². The summed E-state index contributed by atoms with van der Waals surface area (Å²) in [6, 6.07) is -3.27. The zero-order valence-electron chi connectivity index (χ0n) is 18.2. The molecule has 12 heteroatoms. The second kappa shape index (κ2) is 15.1. The molecule has 0 aromatic heterocycles. The molecule has 0 fully saturated rings. The van der Waals surface area contributed by atoms with Crippen LogP contribution in [0.25, 0.3) is 0 Å². The van der Waals surface area contributed by atoms with Gasteiger partial charge in [-0.2, -0.15) is 0 Å². The third-order valence-electron chi connectivity index (χ3n) is 4.42. The van der Waals surface area contributed by atoms with Gasteiger partial charge in [-0.1, -0.05) is 13.8 Å². The summed E-state index contributed by atoms with van der Waals surface area (Å²) in [5.41, 5.74) is 15.8. The monoisotopic (exact) mass is 444 g/mol. The Labute approximate surface area is 182 Å². The highest BCUT2D eigenvalue weighted by Gasteiger charge is 2.29. The van der Waals surface area contributed by atoms with Gasteiger partial charge in [-0.05, 0) is 44.6 Å². The number of carboxylic acids is 1. The smallest absolute Gasteiger partial charge is 0.326 e. The van der Waals surface area contributed by atoms with Gasteiger partial charge in [0, 0.05) is 6.42 Å². The fourth-order valence-electron chi connectivity index (χ4n) is 2.81. The molecule has 0 aliphatic rings. The van der Waals surface area contributed by atoms with Crippen molar-refractivity contribution in [3.8, 4) is 0 Å². The number of nitrogens with two attached hydrogens (primary N) is 3. The van der Waals surface area contributed by atoms with Crippen LogP contribution in [-0.2, 0) is 24.0 Å². The van der Waals surface area contributed by atoms with Crippen LogP contribution in [0.3, 0.4) is 0 Å². The van der Waals surface area contributed by atoms with Crippen LogP contribution in [-0.4, -0.2) is 65.9 Å². The van der Waals surface area contributed by atoms with E-state index in [0.717, 1.165) is 0 Å². The summed E-state index contributed by atoms with van der Waals surface area (Å²) in [5, 5.41) is 16.8. The Bertz CT molecular complexity index is 627. The Morgan fingerprint density at radius 2 is 1.42 bits per heavy atom. The summed E-state index contributed by atoms with van der Waals surface area (Å²) in [7, 11) is 0. The van der Waals surface area contributed by atoms with Crippen LogP contribution in [0.1, 0.15) is 52.4 Å². The van der Waals surface area contributed by atoms with E-state index in [1.165, 1.54) is 0 Å². The predicted molar refractivity (Wildman–Crippen MR) is 113 cm³/mol. The molecule has 0 aliphatic heterocycles. The van der Waals surface area contributed by atoms with Crippen molar-refractivity contribution >= 4 is 29.6 Å². The summed E-state index contributed by atoms with van der Waals surface area (Å²) in [4.78, 5) is 59.6. The minimum Gasteiger partial charge on any atom is -0.480 e. The van der Waals surface area contributed by atoms with Crippen molar-refractivity contribution in [3.63, 3.8) is 0 Å². The van der Waals surface area contributed by atoms with Gasteiger partial charge in [0.1, 0.15) is 18.1 Å². The molecule has 0 aromatic carbocycles. The van der Waals surface area contributed by atoms with Crippen molar-refractivity contribution < 1.29 is 29.1 Å². The number of carbonyl (C=O) groups is 5. The minimum absolute atomic E-state index is 0.000675. The molecule has 10 N–H and O–H groups in total. The molecule has 0 bridgehead atoms. The molecule has 0 heterocycles. The van der Waals surface area contributed by atoms with Crippen LogP contribution in [0.2, 0.25) is 0 Å². The van der Waals surface area contributed by atoms with Crippen LogP contribution in [0, 0.1) is 5.92 Å². The molecule has 0 saturated carbocycles. The first kappa shape index (κ1) is 28.3. The van der Waals surface area contributed by atoms with Crippen molar-refractivity contribution in [2.24, 2.45) is 23.1 Å². The van der Waals surface area contributed by atoms with Crippen LogP contribution >= 0.6 is 0 Å². The zero-order valence-corrected chi connectivity index (χ0v) is 18.2. The Morgan fingerprint density at radius 1 is 0.839 bits per heavy atom. The molecule has 0 spiro atoms. The maximum Gasteiger partial charge on any atom is 0.326 e. The van der Waals surface area contributed by atoms with Crippen molar-refractivity contribution in [3.05, 3.63) is 0 Å². The summed E-state index contributed by atoms with van der Waals surface area (Å²) < 4.78 is 0. The fourth-order valence-corrected chi connectivity index (χ4v) is 2.81. The molecule has 31 heavy (non-hydrogen) atoms. The largest absolute Gasteiger partial charge is 0.480 e. The Hall–Kier alpha value is -2.73. The minimum atomic E-state index is -1.19. The zero-order chi connectivity index (χ0) is 24.0. The molecule has 0 rings (SSSR count). The van der Waals surface area contributed by atoms with Gasteiger partial charge in [0.2, 0.25) is 23.6 Å². The van der Waals surface area contributed by atoms with Crippen LogP contribution in [0.4, 0.5) is 0 Å². The lowest BCUT2D eigenvalue weighted by molar-refractivity contribution is -0.142. The average molecular weight is 445 g/mol. The quantitative estimate of drug-likeness (QED) is 0.131. The van der Waals surface area contributed by atoms with Gasteiger partial charge in [-0.25, -0.2) is 4.79 Å². The molecule has 12 nitrogen and oxygen atoms in total. The fraction of sp³-hybridized carbons (Fsp3) is 0.737. The second-order valence-electron chi connectivity index (χ2n) is 7.70. The van der Waals surface area contributed by atoms with E-state index in [0.29, 0.717) is 19.4 Å². The maximum atomic E-state index is 12.7. The summed E-state index contributed by atoms with van der Waals surface area (Å²) >= 11 is 0. The topological polar surface area (TPSA) is 220 Å². The lowest BCUT2D eigenvalue weighted by Crippen LogP contribution is -2.56. The highest BCUT2D eigenvalue weighted by atomic mass is 16.4. The van der Waals surface area contributed by atoms with Crippen molar-refractivity contribution in [2.75, 3.05) is 13.1 Å². The summed E-state index contributed by atoms with van der Waals surface area (Å²) in [5.74, 6) is -3.80. The highest BCUT2D eigenvalue weighted by Crippen LogP contribution is 2.09. The third kappa shape index (κ3) is 12.5. The van der Waals surface area contributed by atoms with Crippen LogP contribution in [0.15, 0.2) is 0 Å². The predicted octanol–water partition coefficient (Wildman–Crippen LogP) is -2.08. The number of aliphatic carboxylic acids is 1. The van der Waals surface area contributed by atoms with Crippen molar-refractivity contribution in [2.45, 2.75) is 70.5 Å². The molecular formula is C19H36N6O6. The Kier molecular flexibility index (Phi) is 13.8. The lowest BCUT2D eigenvalue weighted by atomic mass is 10.0. The molecule has 178 valence electrons. The molecule has 0 radical (unpaired) electrons. The van der Waals surface area contributed by atoms with E-state index < -0.39 is 47.7 Å². The number of primary amides is 1. The van der Waals surface area contributed by atoms with E-state index >= 15 is 0 Å². The SMILES string of the molecule is CC(C)CC(NC(=O)C(CCC(N)=O)NC(=O)CN)C(=O)NC(CCCCN)C(=O)O. The molecule has 3 atom stereocenters. The standard InChI is InChI=1S/C19H36N6O6/c1-11(2)9-14(18(29)24-13(19(30)31)5-3-4-8-20)25-17(28)12(6-7-15(22)26)23-16(27)10-21/h11-14H,3-10,20-21H2,1-2H3,(H2,22,26)(H,23,27)(H,24,29)(H,25,28)(H,30,31). The molecule has 3 unspecified atom stereocenters. The van der Waals surface area contributed by atoms with Crippen molar-refractivity contribution in [1.82, 2.24) is 16.0 Å². The van der Waals surface area contributed by atoms with Gasteiger partial charge in [-0.3, -0.25) is 19.2 Å². The van der Waals surface area contributed by atoms with E-state index in [9.17, 15) is 29.1 Å². The molecule has 0 aromatic rings. The Morgan fingerprint density at radius 3 is 1.90 bits per heavy atom. The summed E-state index contributed by atoms with van der Waals surface area (Å²) in [6.07, 6.45) is 1.35. The molecule has 4 amide bonds. The highest BCUT2D eigenvalue weighted by molar-refractivity contribution is 5.93. The molecule has 0 aliphatic carbocycles. The van der Waals surface area contributed by atoms with E-state index in [1.54, 1.807) is 0 Å². The third-order valence-corrected chi connectivity index (χ3v) is 4.42. The number of carboxylic acid groups (broad SMARTS) is 1. The number of hydrogen-bond acceptors (Lipinski definition) is 7. The number of carbonyl (C=O) groups excluding carboxylic acids is 4. The van der Waals surface area contributed by atoms with Gasteiger partial charge < -0.3 is 38.3 Å². The normalized spacial score (nSPS) is 13.7. The van der Waals surface area contributed by atoms with Crippen LogP contribution in [0.5, 0.6) is 0 Å². The molecular weight excluding hydrogens is 408 g/mol. The van der Waals surface area contributed by atoms with E-state index in [4.69, 9.17) is 17.2 Å². The number of amides is 4. The first-order valence-electron chi connectivity index (χ1n) is 10.3. The van der Waals surface area contributed by atoms with Gasteiger partial charge in [0.15, 0.2) is 0 Å². The lowest BCUT2D eigenvalue weighted by Gasteiger charge is -2.25. The van der Waals surface area contributed by atoms with E-state index in [-0.39, 0.29) is 38.1 Å². The number of hydrogen-bond donors (Lipinski definition) is 7. The van der Waals surface area contributed by atoms with Crippen LogP contribution < -0.4 is 33.2 Å². The maximum absolute atomic E-state index is 12.7. The first-order valence-corrected chi connectivity index (χ1v) is 10.3. The van der Waals surface area contributed by atoms with Gasteiger partial charge in [0.25, 0.3) is 0 Å². The van der Waals surface area contributed by atoms with E-state index in [2.05, 4.69) is 16.0 Å². The summed E-state index contributed by atoms with van der Waals surface area (Å²) in [6.45, 7) is 3.72. The Balaban J connectivity index is 5.32. The van der Waals surface area contributed by atoms with Gasteiger partial charge in [0.05, 0.1) is 6.54 Å². The second-order valence-corrected chi connectivity index (χ2v) is 7.70. The van der Waals surface area contributed by atoms with E-state index in [1.807, 2.05) is 13.8 Å². The number of rotatable bonds is 16. The van der Waals surface area contributed by atoms with Gasteiger partial charge >= 0.3 is 5.97 Å². The molecule has 0 saturated heterocycles. The number of unbranched alkanes of at least 4 members (excludes halogenated alkanes) is 1. The number of nitrogens with one attached hydrogen (secondary N) is 3. The average Bonchev–Trinajstić information content (AvgIpc) is 2.68. The first-order chi connectivity index (χ1) is 14.5. The van der Waals surface area contributed by atoms with Gasteiger partial charge in [-0.15, -0.1) is 0 Å².